The van der Waals surface area contributed by atoms with Crippen molar-refractivity contribution in [3.8, 4) is 5.75 Å². The van der Waals surface area contributed by atoms with Gasteiger partial charge in [0.05, 0.1) is 5.69 Å². The Morgan fingerprint density at radius 2 is 2.00 bits per heavy atom. The summed E-state index contributed by atoms with van der Waals surface area (Å²) in [5.41, 5.74) is 6.63. The zero-order valence-electron chi connectivity index (χ0n) is 10.4. The van der Waals surface area contributed by atoms with E-state index in [1.807, 2.05) is 22.9 Å². The highest BCUT2D eigenvalue weighted by Crippen LogP contribution is 2.18. The SMILES string of the molecule is CC(C)n1cc(COc2ccc(Cl)cc2)nc1N. The molecule has 0 spiro atoms. The van der Waals surface area contributed by atoms with Crippen LogP contribution in [0.5, 0.6) is 5.75 Å². The normalized spacial score (nSPS) is 10.9. The van der Waals surface area contributed by atoms with Crippen molar-refractivity contribution >= 4 is 17.5 Å². The summed E-state index contributed by atoms with van der Waals surface area (Å²) >= 11 is 5.80. The third-order valence-electron chi connectivity index (χ3n) is 2.57. The highest BCUT2D eigenvalue weighted by Gasteiger charge is 2.07. The topological polar surface area (TPSA) is 53.1 Å². The minimum Gasteiger partial charge on any atom is -0.487 e. The highest BCUT2D eigenvalue weighted by molar-refractivity contribution is 6.30. The molecule has 4 nitrogen and oxygen atoms in total. The van der Waals surface area contributed by atoms with Gasteiger partial charge in [0, 0.05) is 17.3 Å². The van der Waals surface area contributed by atoms with E-state index < -0.39 is 0 Å². The number of hydrogen-bond acceptors (Lipinski definition) is 3. The predicted molar refractivity (Wildman–Crippen MR) is 72.8 cm³/mol. The number of nitrogens with two attached hydrogens (primary N) is 1. The molecule has 0 amide bonds. The summed E-state index contributed by atoms with van der Waals surface area (Å²) < 4.78 is 7.52. The molecule has 5 heteroatoms. The van der Waals surface area contributed by atoms with Crippen LogP contribution >= 0.6 is 11.6 Å². The van der Waals surface area contributed by atoms with E-state index in [0.717, 1.165) is 11.4 Å². The maximum Gasteiger partial charge on any atom is 0.200 e. The van der Waals surface area contributed by atoms with Gasteiger partial charge >= 0.3 is 0 Å². The first-order valence-electron chi connectivity index (χ1n) is 5.78. The minimum atomic E-state index is 0.293. The number of aromatic nitrogens is 2. The van der Waals surface area contributed by atoms with Crippen LogP contribution in [0.2, 0.25) is 5.02 Å². The molecule has 2 N–H and O–H groups in total. The fraction of sp³-hybridized carbons (Fsp3) is 0.308. The average molecular weight is 266 g/mol. The van der Waals surface area contributed by atoms with Gasteiger partial charge in [0.1, 0.15) is 12.4 Å². The first-order chi connectivity index (χ1) is 8.56. The van der Waals surface area contributed by atoms with Crippen LogP contribution in [0.25, 0.3) is 0 Å². The van der Waals surface area contributed by atoms with Gasteiger partial charge in [-0.2, -0.15) is 0 Å². The smallest absolute Gasteiger partial charge is 0.200 e. The molecule has 0 saturated heterocycles. The number of anilines is 1. The quantitative estimate of drug-likeness (QED) is 0.923. The summed E-state index contributed by atoms with van der Waals surface area (Å²) in [7, 11) is 0. The zero-order chi connectivity index (χ0) is 13.1. The molecule has 0 atom stereocenters. The van der Waals surface area contributed by atoms with Gasteiger partial charge in [-0.25, -0.2) is 4.98 Å². The second-order valence-corrected chi connectivity index (χ2v) is 4.77. The molecular weight excluding hydrogens is 250 g/mol. The lowest BCUT2D eigenvalue weighted by Gasteiger charge is -2.07. The molecule has 0 saturated carbocycles. The zero-order valence-corrected chi connectivity index (χ0v) is 11.2. The summed E-state index contributed by atoms with van der Waals surface area (Å²) in [6.45, 7) is 4.51. The Balaban J connectivity index is 2.02. The fourth-order valence-electron chi connectivity index (χ4n) is 1.63. The lowest BCUT2D eigenvalue weighted by atomic mass is 10.3. The maximum absolute atomic E-state index is 5.81. The van der Waals surface area contributed by atoms with E-state index in [1.165, 1.54) is 0 Å². The lowest BCUT2D eigenvalue weighted by Crippen LogP contribution is -2.03. The number of ether oxygens (including phenoxy) is 1. The second kappa shape index (κ2) is 5.31. The third-order valence-corrected chi connectivity index (χ3v) is 2.82. The van der Waals surface area contributed by atoms with E-state index in [-0.39, 0.29) is 0 Å². The molecular formula is C13H16ClN3O. The van der Waals surface area contributed by atoms with Gasteiger partial charge in [-0.05, 0) is 38.1 Å². The molecule has 18 heavy (non-hydrogen) atoms. The van der Waals surface area contributed by atoms with Crippen molar-refractivity contribution in [3.63, 3.8) is 0 Å². The Bertz CT molecular complexity index is 520. The number of hydrogen-bond donors (Lipinski definition) is 1. The highest BCUT2D eigenvalue weighted by atomic mass is 35.5. The van der Waals surface area contributed by atoms with E-state index in [0.29, 0.717) is 23.6 Å². The van der Waals surface area contributed by atoms with Crippen LogP contribution in [-0.4, -0.2) is 9.55 Å². The number of halogens is 1. The molecule has 0 aliphatic rings. The van der Waals surface area contributed by atoms with Gasteiger partial charge in [-0.3, -0.25) is 0 Å². The molecule has 1 aromatic carbocycles. The maximum atomic E-state index is 5.81. The molecule has 1 aromatic heterocycles. The summed E-state index contributed by atoms with van der Waals surface area (Å²) in [5.74, 6) is 1.27. The Hall–Kier alpha value is -1.68. The summed E-state index contributed by atoms with van der Waals surface area (Å²) in [6.07, 6.45) is 1.91. The van der Waals surface area contributed by atoms with Gasteiger partial charge in [0.15, 0.2) is 0 Å². The number of benzene rings is 1. The number of imidazole rings is 1. The van der Waals surface area contributed by atoms with E-state index >= 15 is 0 Å². The van der Waals surface area contributed by atoms with Crippen LogP contribution in [0.3, 0.4) is 0 Å². The minimum absolute atomic E-state index is 0.293. The molecule has 0 fully saturated rings. The van der Waals surface area contributed by atoms with Crippen molar-refractivity contribution < 1.29 is 4.74 Å². The average Bonchev–Trinajstić information content (AvgIpc) is 2.70. The molecule has 2 rings (SSSR count). The Morgan fingerprint density at radius 3 is 2.56 bits per heavy atom. The first-order valence-corrected chi connectivity index (χ1v) is 6.15. The summed E-state index contributed by atoms with van der Waals surface area (Å²) in [5, 5.41) is 0.690. The van der Waals surface area contributed by atoms with E-state index in [9.17, 15) is 0 Å². The standard InChI is InChI=1S/C13H16ClN3O/c1-9(2)17-7-11(16-13(17)15)8-18-12-5-3-10(14)4-6-12/h3-7,9H,8H2,1-2H3,(H2,15,16). The Labute approximate surface area is 111 Å². The number of rotatable bonds is 4. The number of nitrogen functional groups attached to an aromatic ring is 1. The van der Waals surface area contributed by atoms with E-state index in [2.05, 4.69) is 18.8 Å². The van der Waals surface area contributed by atoms with Gasteiger partial charge in [0.2, 0.25) is 5.95 Å². The summed E-state index contributed by atoms with van der Waals surface area (Å²) in [4.78, 5) is 4.25. The molecule has 2 aromatic rings. The largest absolute Gasteiger partial charge is 0.487 e. The van der Waals surface area contributed by atoms with Crippen molar-refractivity contribution in [2.75, 3.05) is 5.73 Å². The third kappa shape index (κ3) is 2.96. The van der Waals surface area contributed by atoms with Gasteiger partial charge in [-0.1, -0.05) is 11.6 Å². The van der Waals surface area contributed by atoms with Crippen molar-refractivity contribution in [1.29, 1.82) is 0 Å². The van der Waals surface area contributed by atoms with Crippen LogP contribution in [0.15, 0.2) is 30.5 Å². The molecule has 0 aliphatic carbocycles. The molecule has 0 bridgehead atoms. The predicted octanol–water partition coefficient (Wildman–Crippen LogP) is 3.28. The lowest BCUT2D eigenvalue weighted by molar-refractivity contribution is 0.301. The van der Waals surface area contributed by atoms with Crippen LogP contribution in [0.1, 0.15) is 25.6 Å². The van der Waals surface area contributed by atoms with Crippen molar-refractivity contribution in [2.24, 2.45) is 0 Å². The first kappa shape index (κ1) is 12.8. The Morgan fingerprint density at radius 1 is 1.33 bits per heavy atom. The van der Waals surface area contributed by atoms with Crippen molar-refractivity contribution in [1.82, 2.24) is 9.55 Å². The van der Waals surface area contributed by atoms with Crippen LogP contribution in [0.4, 0.5) is 5.95 Å². The molecule has 1 heterocycles. The van der Waals surface area contributed by atoms with Crippen LogP contribution in [0, 0.1) is 0 Å². The fourth-order valence-corrected chi connectivity index (χ4v) is 1.76. The molecule has 0 unspecified atom stereocenters. The summed E-state index contributed by atoms with van der Waals surface area (Å²) in [6, 6.07) is 7.52. The van der Waals surface area contributed by atoms with Gasteiger partial charge in [-0.15, -0.1) is 0 Å². The van der Waals surface area contributed by atoms with Gasteiger partial charge in [0.25, 0.3) is 0 Å². The van der Waals surface area contributed by atoms with Crippen LogP contribution in [-0.2, 0) is 6.61 Å². The van der Waals surface area contributed by atoms with E-state index in [1.54, 1.807) is 12.1 Å². The second-order valence-electron chi connectivity index (χ2n) is 4.33. The number of nitrogens with zero attached hydrogens (tertiary/aromatic N) is 2. The van der Waals surface area contributed by atoms with Crippen molar-refractivity contribution in [2.45, 2.75) is 26.5 Å². The molecule has 0 aliphatic heterocycles. The van der Waals surface area contributed by atoms with Crippen molar-refractivity contribution in [3.05, 3.63) is 41.2 Å². The van der Waals surface area contributed by atoms with Gasteiger partial charge < -0.3 is 15.0 Å². The van der Waals surface area contributed by atoms with Crippen LogP contribution < -0.4 is 10.5 Å². The molecule has 0 radical (unpaired) electrons. The molecule has 96 valence electrons. The van der Waals surface area contributed by atoms with E-state index in [4.69, 9.17) is 22.1 Å². The monoisotopic (exact) mass is 265 g/mol. The Kier molecular flexibility index (Phi) is 3.77.